The lowest BCUT2D eigenvalue weighted by molar-refractivity contribution is 0.614. The Balaban J connectivity index is 1.72. The van der Waals surface area contributed by atoms with E-state index in [0.29, 0.717) is 6.04 Å². The molecule has 3 heteroatoms. The average Bonchev–Trinajstić information content (AvgIpc) is 3.02. The van der Waals surface area contributed by atoms with Gasteiger partial charge in [0, 0.05) is 18.8 Å². The predicted molar refractivity (Wildman–Crippen MR) is 57.5 cm³/mol. The third-order valence-corrected chi connectivity index (χ3v) is 3.03. The third-order valence-electron chi connectivity index (χ3n) is 3.03. The van der Waals surface area contributed by atoms with Crippen LogP contribution in [0.1, 0.15) is 19.3 Å². The molecule has 0 spiro atoms. The second-order valence-corrected chi connectivity index (χ2v) is 4.32. The van der Waals surface area contributed by atoms with Gasteiger partial charge in [0.2, 0.25) is 0 Å². The molecule has 1 fully saturated rings. The Kier molecular flexibility index (Phi) is 1.82. The maximum atomic E-state index is 4.12. The van der Waals surface area contributed by atoms with Gasteiger partial charge in [-0.15, -0.1) is 0 Å². The van der Waals surface area contributed by atoms with E-state index >= 15 is 0 Å². The molecule has 1 unspecified atom stereocenters. The first-order chi connectivity index (χ1) is 6.92. The van der Waals surface area contributed by atoms with Gasteiger partial charge in [-0.2, -0.15) is 0 Å². The molecular formula is C11H15N3. The van der Waals surface area contributed by atoms with Crippen molar-refractivity contribution in [3.63, 3.8) is 0 Å². The molecule has 1 aromatic heterocycles. The first-order valence-corrected chi connectivity index (χ1v) is 5.36. The lowest BCUT2D eigenvalue weighted by atomic mass is 10.1. The minimum Gasteiger partial charge on any atom is -0.381 e. The molecule has 3 nitrogen and oxygen atoms in total. The van der Waals surface area contributed by atoms with Crippen LogP contribution in [0.25, 0.3) is 0 Å². The lowest BCUT2D eigenvalue weighted by Crippen LogP contribution is -2.33. The van der Waals surface area contributed by atoms with Crippen molar-refractivity contribution in [3.8, 4) is 0 Å². The second-order valence-electron chi connectivity index (χ2n) is 4.32. The standard InChI is InChI=1S/C11H15N3/c1-2-8(1)5-9-6-13-10-3-4-12-7-11(10)14-9/h3-4,7-9,13-14H,1-2,5-6H2. The van der Waals surface area contributed by atoms with Crippen LogP contribution < -0.4 is 10.6 Å². The van der Waals surface area contributed by atoms with Crippen molar-refractivity contribution in [2.45, 2.75) is 25.3 Å². The molecule has 1 aliphatic heterocycles. The summed E-state index contributed by atoms with van der Waals surface area (Å²) in [6.45, 7) is 1.05. The SMILES string of the molecule is c1cc2c(cn1)NC(CC1CC1)CN2. The van der Waals surface area contributed by atoms with E-state index in [1.165, 1.54) is 24.9 Å². The number of pyridine rings is 1. The molecule has 1 saturated carbocycles. The van der Waals surface area contributed by atoms with Crippen LogP contribution >= 0.6 is 0 Å². The van der Waals surface area contributed by atoms with Gasteiger partial charge in [0.1, 0.15) is 0 Å². The molecule has 1 atom stereocenters. The third kappa shape index (κ3) is 1.54. The number of fused-ring (bicyclic) bond motifs is 1. The van der Waals surface area contributed by atoms with Gasteiger partial charge < -0.3 is 10.6 Å². The summed E-state index contributed by atoms with van der Waals surface area (Å²) in [6, 6.07) is 2.62. The zero-order valence-corrected chi connectivity index (χ0v) is 8.16. The van der Waals surface area contributed by atoms with E-state index in [1.807, 2.05) is 18.5 Å². The van der Waals surface area contributed by atoms with Crippen molar-refractivity contribution in [1.29, 1.82) is 0 Å². The Labute approximate surface area is 83.9 Å². The smallest absolute Gasteiger partial charge is 0.0765 e. The van der Waals surface area contributed by atoms with E-state index in [0.717, 1.165) is 18.2 Å². The van der Waals surface area contributed by atoms with Crippen molar-refractivity contribution in [2.24, 2.45) is 5.92 Å². The number of nitrogens with one attached hydrogen (secondary N) is 2. The van der Waals surface area contributed by atoms with Gasteiger partial charge >= 0.3 is 0 Å². The fourth-order valence-electron chi connectivity index (χ4n) is 2.07. The van der Waals surface area contributed by atoms with E-state index in [4.69, 9.17) is 0 Å². The quantitative estimate of drug-likeness (QED) is 0.748. The van der Waals surface area contributed by atoms with Gasteiger partial charge in [-0.05, 0) is 18.4 Å². The maximum Gasteiger partial charge on any atom is 0.0765 e. The highest BCUT2D eigenvalue weighted by Gasteiger charge is 2.27. The zero-order valence-electron chi connectivity index (χ0n) is 8.16. The monoisotopic (exact) mass is 189 g/mol. The summed E-state index contributed by atoms with van der Waals surface area (Å²) in [6.07, 6.45) is 7.90. The highest BCUT2D eigenvalue weighted by Crippen LogP contribution is 2.35. The van der Waals surface area contributed by atoms with Gasteiger partial charge in [0.25, 0.3) is 0 Å². The summed E-state index contributed by atoms with van der Waals surface area (Å²) in [5, 5.41) is 6.99. The van der Waals surface area contributed by atoms with Gasteiger partial charge in [-0.25, -0.2) is 0 Å². The number of rotatable bonds is 2. The molecule has 0 radical (unpaired) electrons. The molecule has 1 aromatic rings. The largest absolute Gasteiger partial charge is 0.381 e. The van der Waals surface area contributed by atoms with Crippen LogP contribution in [0, 0.1) is 5.92 Å². The Hall–Kier alpha value is -1.25. The molecule has 0 aromatic carbocycles. The fourth-order valence-corrected chi connectivity index (χ4v) is 2.07. The number of aromatic nitrogens is 1. The van der Waals surface area contributed by atoms with Crippen molar-refractivity contribution < 1.29 is 0 Å². The molecule has 3 rings (SSSR count). The Bertz CT molecular complexity index is 333. The summed E-state index contributed by atoms with van der Waals surface area (Å²) in [5.41, 5.74) is 2.34. The van der Waals surface area contributed by atoms with Crippen molar-refractivity contribution >= 4 is 11.4 Å². The van der Waals surface area contributed by atoms with Crippen molar-refractivity contribution in [2.75, 3.05) is 17.2 Å². The van der Waals surface area contributed by atoms with Crippen LogP contribution in [0.4, 0.5) is 11.4 Å². The molecule has 0 bridgehead atoms. The number of hydrogen-bond acceptors (Lipinski definition) is 3. The van der Waals surface area contributed by atoms with Gasteiger partial charge in [0.05, 0.1) is 17.6 Å². The maximum absolute atomic E-state index is 4.12. The van der Waals surface area contributed by atoms with E-state index < -0.39 is 0 Å². The highest BCUT2D eigenvalue weighted by atomic mass is 15.1. The fraction of sp³-hybridized carbons (Fsp3) is 0.545. The van der Waals surface area contributed by atoms with Crippen LogP contribution in [0.3, 0.4) is 0 Å². The number of nitrogens with zero attached hydrogens (tertiary/aromatic N) is 1. The van der Waals surface area contributed by atoms with Crippen LogP contribution in [0.15, 0.2) is 18.5 Å². The van der Waals surface area contributed by atoms with Crippen LogP contribution in [-0.4, -0.2) is 17.6 Å². The summed E-state index contributed by atoms with van der Waals surface area (Å²) >= 11 is 0. The normalized spacial score (nSPS) is 24.7. The molecule has 2 heterocycles. The lowest BCUT2D eigenvalue weighted by Gasteiger charge is -2.27. The average molecular weight is 189 g/mol. The van der Waals surface area contributed by atoms with Crippen LogP contribution in [-0.2, 0) is 0 Å². The second kappa shape index (κ2) is 3.15. The summed E-state index contributed by atoms with van der Waals surface area (Å²) in [4.78, 5) is 4.12. The first kappa shape index (κ1) is 8.09. The Morgan fingerprint density at radius 3 is 3.14 bits per heavy atom. The molecule has 0 amide bonds. The van der Waals surface area contributed by atoms with Crippen LogP contribution in [0.2, 0.25) is 0 Å². The predicted octanol–water partition coefficient (Wildman–Crippen LogP) is 2.09. The van der Waals surface area contributed by atoms with Crippen LogP contribution in [0.5, 0.6) is 0 Å². The van der Waals surface area contributed by atoms with E-state index in [1.54, 1.807) is 0 Å². The van der Waals surface area contributed by atoms with E-state index in [2.05, 4.69) is 15.6 Å². The molecule has 0 saturated heterocycles. The Morgan fingerprint density at radius 2 is 2.29 bits per heavy atom. The molecule has 14 heavy (non-hydrogen) atoms. The van der Waals surface area contributed by atoms with E-state index in [9.17, 15) is 0 Å². The Morgan fingerprint density at radius 1 is 1.36 bits per heavy atom. The number of hydrogen-bond donors (Lipinski definition) is 2. The highest BCUT2D eigenvalue weighted by molar-refractivity contribution is 5.69. The summed E-state index contributed by atoms with van der Waals surface area (Å²) < 4.78 is 0. The summed E-state index contributed by atoms with van der Waals surface area (Å²) in [5.74, 6) is 0.979. The topological polar surface area (TPSA) is 37.0 Å². The molecule has 2 N–H and O–H groups in total. The van der Waals surface area contributed by atoms with E-state index in [-0.39, 0.29) is 0 Å². The number of anilines is 2. The van der Waals surface area contributed by atoms with Gasteiger partial charge in [0.15, 0.2) is 0 Å². The van der Waals surface area contributed by atoms with Gasteiger partial charge in [-0.1, -0.05) is 12.8 Å². The van der Waals surface area contributed by atoms with Crippen molar-refractivity contribution in [1.82, 2.24) is 4.98 Å². The van der Waals surface area contributed by atoms with Gasteiger partial charge in [-0.3, -0.25) is 4.98 Å². The molecule has 74 valence electrons. The molecule has 2 aliphatic rings. The first-order valence-electron chi connectivity index (χ1n) is 5.36. The minimum absolute atomic E-state index is 0.596. The zero-order chi connectivity index (χ0) is 9.38. The minimum atomic E-state index is 0.596. The molecular weight excluding hydrogens is 174 g/mol. The molecule has 1 aliphatic carbocycles. The van der Waals surface area contributed by atoms with Crippen molar-refractivity contribution in [3.05, 3.63) is 18.5 Å². The summed E-state index contributed by atoms with van der Waals surface area (Å²) in [7, 11) is 0.